The average Bonchev–Trinajstić information content (AvgIpc) is 2.35. The Kier molecular flexibility index (Phi) is 5.61. The molecule has 0 aliphatic rings. The lowest BCUT2D eigenvalue weighted by Crippen LogP contribution is -2.39. The summed E-state index contributed by atoms with van der Waals surface area (Å²) in [5.74, 6) is -0.922. The number of rotatable bonds is 7. The molecule has 20 heavy (non-hydrogen) atoms. The van der Waals surface area contributed by atoms with Gasteiger partial charge in [-0.15, -0.1) is 0 Å². The highest BCUT2D eigenvalue weighted by Gasteiger charge is 2.21. The van der Waals surface area contributed by atoms with Gasteiger partial charge in [0.25, 0.3) is 0 Å². The zero-order valence-corrected chi connectivity index (χ0v) is 12.1. The summed E-state index contributed by atoms with van der Waals surface area (Å²) in [5, 5.41) is 2.94. The molecule has 0 saturated heterocycles. The van der Waals surface area contributed by atoms with Crippen molar-refractivity contribution >= 4 is 17.3 Å². The van der Waals surface area contributed by atoms with E-state index in [0.717, 1.165) is 6.42 Å². The summed E-state index contributed by atoms with van der Waals surface area (Å²) >= 11 is 0. The van der Waals surface area contributed by atoms with Crippen LogP contribution in [-0.2, 0) is 4.79 Å². The Morgan fingerprint density at radius 2 is 2.10 bits per heavy atom. The molecular weight excluding hydrogens is 261 g/mol. The van der Waals surface area contributed by atoms with E-state index >= 15 is 0 Å². The molecule has 0 aliphatic heterocycles. The SMILES string of the molecule is CCCOc1cc(NC(C(N)=O)C(C)C)c(N)cc1F. The fraction of sp³-hybridized carbons (Fsp3) is 0.500. The molecule has 0 radical (unpaired) electrons. The monoisotopic (exact) mass is 283 g/mol. The lowest BCUT2D eigenvalue weighted by Gasteiger charge is -2.22. The summed E-state index contributed by atoms with van der Waals surface area (Å²) in [6.07, 6.45) is 0.766. The molecule has 0 heterocycles. The molecule has 0 spiro atoms. The van der Waals surface area contributed by atoms with Gasteiger partial charge in [-0.2, -0.15) is 0 Å². The van der Waals surface area contributed by atoms with Crippen LogP contribution in [0.15, 0.2) is 12.1 Å². The number of amides is 1. The van der Waals surface area contributed by atoms with E-state index < -0.39 is 17.8 Å². The minimum atomic E-state index is -0.582. The average molecular weight is 283 g/mol. The van der Waals surface area contributed by atoms with Gasteiger partial charge in [0.1, 0.15) is 6.04 Å². The summed E-state index contributed by atoms with van der Waals surface area (Å²) in [7, 11) is 0. The van der Waals surface area contributed by atoms with E-state index in [4.69, 9.17) is 16.2 Å². The molecule has 0 fully saturated rings. The molecule has 0 saturated carbocycles. The summed E-state index contributed by atoms with van der Waals surface area (Å²) < 4.78 is 19.0. The summed E-state index contributed by atoms with van der Waals surface area (Å²) in [4.78, 5) is 11.4. The van der Waals surface area contributed by atoms with Crippen molar-refractivity contribution in [2.24, 2.45) is 11.7 Å². The molecular formula is C14H22FN3O2. The number of halogens is 1. The van der Waals surface area contributed by atoms with Crippen LogP contribution in [0.3, 0.4) is 0 Å². The minimum Gasteiger partial charge on any atom is -0.490 e. The van der Waals surface area contributed by atoms with E-state index in [1.807, 2.05) is 20.8 Å². The van der Waals surface area contributed by atoms with E-state index in [1.54, 1.807) is 0 Å². The second-order valence-corrected chi connectivity index (χ2v) is 4.99. The number of anilines is 2. The number of ether oxygens (including phenoxy) is 1. The molecule has 0 aromatic heterocycles. The maximum atomic E-state index is 13.7. The van der Waals surface area contributed by atoms with Crippen LogP contribution in [0.5, 0.6) is 5.75 Å². The van der Waals surface area contributed by atoms with Gasteiger partial charge in [0.2, 0.25) is 5.91 Å². The topological polar surface area (TPSA) is 90.4 Å². The van der Waals surface area contributed by atoms with Gasteiger partial charge in [0.05, 0.1) is 18.0 Å². The number of benzene rings is 1. The third-order valence-corrected chi connectivity index (χ3v) is 2.85. The van der Waals surface area contributed by atoms with Gasteiger partial charge in [0, 0.05) is 12.1 Å². The Morgan fingerprint density at radius 1 is 1.45 bits per heavy atom. The van der Waals surface area contributed by atoms with Crippen LogP contribution in [0.25, 0.3) is 0 Å². The van der Waals surface area contributed by atoms with Crippen LogP contribution in [-0.4, -0.2) is 18.6 Å². The molecule has 1 aromatic rings. The Balaban J connectivity index is 3.01. The van der Waals surface area contributed by atoms with E-state index in [2.05, 4.69) is 5.32 Å². The van der Waals surface area contributed by atoms with Gasteiger partial charge in [-0.25, -0.2) is 4.39 Å². The summed E-state index contributed by atoms with van der Waals surface area (Å²) in [6, 6.07) is 2.05. The number of carbonyl (C=O) groups excluding carboxylic acids is 1. The van der Waals surface area contributed by atoms with Crippen molar-refractivity contribution in [1.29, 1.82) is 0 Å². The van der Waals surface area contributed by atoms with Crippen LogP contribution in [0.2, 0.25) is 0 Å². The smallest absolute Gasteiger partial charge is 0.240 e. The Hall–Kier alpha value is -1.98. The first-order valence-electron chi connectivity index (χ1n) is 6.64. The highest BCUT2D eigenvalue weighted by Crippen LogP contribution is 2.29. The Bertz CT molecular complexity index is 478. The second kappa shape index (κ2) is 6.98. The number of nitrogen functional groups attached to an aromatic ring is 1. The number of nitrogens with one attached hydrogen (secondary N) is 1. The quantitative estimate of drug-likeness (QED) is 0.668. The van der Waals surface area contributed by atoms with Crippen LogP contribution in [0, 0.1) is 11.7 Å². The van der Waals surface area contributed by atoms with Gasteiger partial charge < -0.3 is 21.5 Å². The largest absolute Gasteiger partial charge is 0.490 e. The zero-order chi connectivity index (χ0) is 15.3. The number of primary amides is 1. The van der Waals surface area contributed by atoms with Gasteiger partial charge in [-0.3, -0.25) is 4.79 Å². The second-order valence-electron chi connectivity index (χ2n) is 4.99. The van der Waals surface area contributed by atoms with E-state index in [-0.39, 0.29) is 17.4 Å². The minimum absolute atomic E-state index is 0.0167. The lowest BCUT2D eigenvalue weighted by atomic mass is 10.0. The molecule has 0 bridgehead atoms. The van der Waals surface area contributed by atoms with E-state index in [0.29, 0.717) is 12.3 Å². The molecule has 1 rings (SSSR count). The van der Waals surface area contributed by atoms with Crippen LogP contribution < -0.4 is 21.5 Å². The van der Waals surface area contributed by atoms with Crippen LogP contribution in [0.4, 0.5) is 15.8 Å². The van der Waals surface area contributed by atoms with Crippen LogP contribution >= 0.6 is 0 Å². The number of hydrogen-bond acceptors (Lipinski definition) is 4. The van der Waals surface area contributed by atoms with E-state index in [1.165, 1.54) is 12.1 Å². The third-order valence-electron chi connectivity index (χ3n) is 2.85. The third kappa shape index (κ3) is 4.01. The van der Waals surface area contributed by atoms with Crippen molar-refractivity contribution in [2.45, 2.75) is 33.2 Å². The summed E-state index contributed by atoms with van der Waals surface area (Å²) in [5.41, 5.74) is 11.7. The van der Waals surface area contributed by atoms with Crippen LogP contribution in [0.1, 0.15) is 27.2 Å². The molecule has 6 heteroatoms. The lowest BCUT2D eigenvalue weighted by molar-refractivity contribution is -0.119. The van der Waals surface area contributed by atoms with Crippen molar-refractivity contribution in [3.05, 3.63) is 17.9 Å². The van der Waals surface area contributed by atoms with Gasteiger partial charge in [0.15, 0.2) is 11.6 Å². The predicted molar refractivity (Wildman–Crippen MR) is 78.0 cm³/mol. The van der Waals surface area contributed by atoms with Crippen molar-refractivity contribution < 1.29 is 13.9 Å². The highest BCUT2D eigenvalue weighted by molar-refractivity contribution is 5.85. The fourth-order valence-electron chi connectivity index (χ4n) is 1.75. The van der Waals surface area contributed by atoms with Crippen molar-refractivity contribution in [2.75, 3.05) is 17.7 Å². The van der Waals surface area contributed by atoms with Gasteiger partial charge >= 0.3 is 0 Å². The molecule has 1 aromatic carbocycles. The molecule has 112 valence electrons. The predicted octanol–water partition coefficient (Wildman–Crippen LogP) is 2.12. The van der Waals surface area contributed by atoms with Crippen molar-refractivity contribution in [1.82, 2.24) is 0 Å². The molecule has 5 nitrogen and oxygen atoms in total. The zero-order valence-electron chi connectivity index (χ0n) is 12.1. The molecule has 5 N–H and O–H groups in total. The first-order chi connectivity index (χ1) is 9.36. The molecule has 0 aliphatic carbocycles. The Morgan fingerprint density at radius 3 is 2.60 bits per heavy atom. The standard InChI is InChI=1S/C14H22FN3O2/c1-4-5-20-12-7-11(10(16)6-9(12)15)18-13(8(2)3)14(17)19/h6-8,13,18H,4-5,16H2,1-3H3,(H2,17,19). The summed E-state index contributed by atoms with van der Waals surface area (Å²) in [6.45, 7) is 6.05. The van der Waals surface area contributed by atoms with Crippen molar-refractivity contribution in [3.8, 4) is 5.75 Å². The first kappa shape index (κ1) is 16.1. The molecule has 1 unspecified atom stereocenters. The normalized spacial score (nSPS) is 12.2. The first-order valence-corrected chi connectivity index (χ1v) is 6.64. The fourth-order valence-corrected chi connectivity index (χ4v) is 1.75. The maximum Gasteiger partial charge on any atom is 0.240 e. The Labute approximate surface area is 118 Å². The van der Waals surface area contributed by atoms with Gasteiger partial charge in [-0.1, -0.05) is 20.8 Å². The molecule has 1 amide bonds. The van der Waals surface area contributed by atoms with E-state index in [9.17, 15) is 9.18 Å². The number of nitrogens with two attached hydrogens (primary N) is 2. The molecule has 1 atom stereocenters. The van der Waals surface area contributed by atoms with Gasteiger partial charge in [-0.05, 0) is 12.3 Å². The van der Waals surface area contributed by atoms with Crippen molar-refractivity contribution in [3.63, 3.8) is 0 Å². The maximum absolute atomic E-state index is 13.7. The highest BCUT2D eigenvalue weighted by atomic mass is 19.1. The number of carbonyl (C=O) groups is 1. The number of hydrogen-bond donors (Lipinski definition) is 3.